The number of hydrogen-bond donors (Lipinski definition) is 2. The smallest absolute Gasteiger partial charge is 0.353 e. The lowest BCUT2D eigenvalue weighted by atomic mass is 10.1. The monoisotopic (exact) mass is 364 g/mol. The first-order valence-corrected chi connectivity index (χ1v) is 11.1. The largest absolute Gasteiger partial charge is 0.466 e. The number of hydrogen-bond acceptors (Lipinski definition) is 4. The van der Waals surface area contributed by atoms with Gasteiger partial charge in [0.1, 0.15) is 0 Å². The van der Waals surface area contributed by atoms with E-state index in [2.05, 4.69) is 6.92 Å². The van der Waals surface area contributed by atoms with Crippen LogP contribution in [-0.2, 0) is 14.1 Å². The number of esters is 1. The molecule has 1 atom stereocenters. The summed E-state index contributed by atoms with van der Waals surface area (Å²) in [5.74, 6) is -0.256. The molecule has 0 amide bonds. The van der Waals surface area contributed by atoms with Gasteiger partial charge in [0, 0.05) is 5.75 Å². The zero-order valence-corrected chi connectivity index (χ0v) is 15.8. The molecule has 0 aromatic carbocycles. The van der Waals surface area contributed by atoms with E-state index in [1.54, 1.807) is 6.92 Å². The third-order valence-corrected chi connectivity index (χ3v) is 6.62. The van der Waals surface area contributed by atoms with Crippen LogP contribution < -0.4 is 0 Å². The number of carbonyl (C=O) groups excluding carboxylic acids is 1. The van der Waals surface area contributed by atoms with Crippen molar-refractivity contribution in [1.82, 2.24) is 0 Å². The molecular formula is C16H29O5PS. The predicted octanol–water partition coefficient (Wildman–Crippen LogP) is 4.44. The van der Waals surface area contributed by atoms with Crippen molar-refractivity contribution in [2.24, 2.45) is 5.92 Å². The van der Waals surface area contributed by atoms with E-state index in [1.807, 2.05) is 0 Å². The summed E-state index contributed by atoms with van der Waals surface area (Å²) in [6, 6.07) is 0. The van der Waals surface area contributed by atoms with E-state index in [9.17, 15) is 19.1 Å². The Bertz CT molecular complexity index is 457. The Hall–Kier alpha value is -0.290. The maximum absolute atomic E-state index is 11.8. The summed E-state index contributed by atoms with van der Waals surface area (Å²) in [6.45, 7) is 4.20. The van der Waals surface area contributed by atoms with Crippen LogP contribution in [0.5, 0.6) is 0 Å². The fourth-order valence-electron chi connectivity index (χ4n) is 2.67. The molecule has 1 aliphatic heterocycles. The number of thioether (sulfide) groups is 1. The van der Waals surface area contributed by atoms with Gasteiger partial charge in [-0.1, -0.05) is 39.0 Å². The second-order valence-corrected chi connectivity index (χ2v) is 8.64. The van der Waals surface area contributed by atoms with Crippen LogP contribution in [0.1, 0.15) is 65.2 Å². The number of ether oxygens (including phenoxy) is 1. The summed E-state index contributed by atoms with van der Waals surface area (Å²) in [6.07, 6.45) is 7.69. The molecule has 0 saturated heterocycles. The van der Waals surface area contributed by atoms with Crippen molar-refractivity contribution < 1.29 is 23.9 Å². The summed E-state index contributed by atoms with van der Waals surface area (Å²) < 4.78 is 16.8. The fraction of sp³-hybridized carbons (Fsp3) is 0.812. The van der Waals surface area contributed by atoms with Gasteiger partial charge in [-0.15, -0.1) is 11.8 Å². The number of unbranched alkanes of at least 4 members (excludes halogenated alkanes) is 5. The predicted molar refractivity (Wildman–Crippen MR) is 94.3 cm³/mol. The summed E-state index contributed by atoms with van der Waals surface area (Å²) >= 11 is 1.42. The van der Waals surface area contributed by atoms with Crippen molar-refractivity contribution in [3.8, 4) is 0 Å². The minimum absolute atomic E-state index is 0.126. The van der Waals surface area contributed by atoms with Gasteiger partial charge in [-0.3, -0.25) is 9.36 Å². The van der Waals surface area contributed by atoms with Crippen LogP contribution in [0.25, 0.3) is 0 Å². The molecule has 7 heteroatoms. The molecule has 1 heterocycles. The van der Waals surface area contributed by atoms with Gasteiger partial charge in [0.25, 0.3) is 0 Å². The highest BCUT2D eigenvalue weighted by atomic mass is 32.2. The van der Waals surface area contributed by atoms with Gasteiger partial charge in [-0.2, -0.15) is 0 Å². The van der Waals surface area contributed by atoms with E-state index in [1.165, 1.54) is 37.4 Å². The Kier molecular flexibility index (Phi) is 9.52. The van der Waals surface area contributed by atoms with Crippen molar-refractivity contribution >= 4 is 25.3 Å². The number of allylic oxidation sites excluding steroid dienone is 2. The molecule has 0 fully saturated rings. The third-order valence-electron chi connectivity index (χ3n) is 3.95. The molecule has 2 N–H and O–H groups in total. The molecule has 134 valence electrons. The number of rotatable bonds is 10. The standard InChI is InChI=1S/C16H29O5PS/c1-3-5-6-7-8-9-10-15-14(22(18,19)20)11-13(12-23-15)16(17)21-4-2/h13H,3-12H2,1-2H3,(H2,18,19,20)/t13-/m0/s1. The SMILES string of the molecule is CCCCCCCCC1=C(P(=O)(O)O)C[C@H](C(=O)OCC)CS1. The van der Waals surface area contributed by atoms with Gasteiger partial charge < -0.3 is 14.5 Å². The van der Waals surface area contributed by atoms with Gasteiger partial charge in [0.05, 0.1) is 17.8 Å². The highest BCUT2D eigenvalue weighted by Gasteiger charge is 2.35. The van der Waals surface area contributed by atoms with Crippen LogP contribution in [0.15, 0.2) is 10.2 Å². The van der Waals surface area contributed by atoms with E-state index >= 15 is 0 Å². The first kappa shape index (κ1) is 20.8. The Morgan fingerprint density at radius 2 is 1.87 bits per heavy atom. The lowest BCUT2D eigenvalue weighted by molar-refractivity contribution is -0.147. The van der Waals surface area contributed by atoms with E-state index < -0.39 is 13.5 Å². The van der Waals surface area contributed by atoms with Crippen LogP contribution in [-0.4, -0.2) is 28.1 Å². The molecule has 0 spiro atoms. The van der Waals surface area contributed by atoms with Crippen molar-refractivity contribution in [3.05, 3.63) is 10.2 Å². The Labute approximate surface area is 143 Å². The lowest BCUT2D eigenvalue weighted by Crippen LogP contribution is -2.23. The second-order valence-electron chi connectivity index (χ2n) is 5.90. The maximum atomic E-state index is 11.8. The molecule has 0 aliphatic carbocycles. The number of carbonyl (C=O) groups is 1. The quantitative estimate of drug-likeness (QED) is 0.339. The lowest BCUT2D eigenvalue weighted by Gasteiger charge is -2.26. The molecule has 0 bridgehead atoms. The van der Waals surface area contributed by atoms with Crippen molar-refractivity contribution in [2.75, 3.05) is 12.4 Å². The van der Waals surface area contributed by atoms with Gasteiger partial charge in [0.2, 0.25) is 0 Å². The minimum Gasteiger partial charge on any atom is -0.466 e. The summed E-state index contributed by atoms with van der Waals surface area (Å²) in [7, 11) is -4.31. The van der Waals surface area contributed by atoms with Crippen LogP contribution in [0.3, 0.4) is 0 Å². The zero-order valence-electron chi connectivity index (χ0n) is 14.1. The van der Waals surface area contributed by atoms with Crippen molar-refractivity contribution in [3.63, 3.8) is 0 Å². The second kappa shape index (κ2) is 10.5. The molecule has 0 unspecified atom stereocenters. The van der Waals surface area contributed by atoms with Crippen LogP contribution in [0, 0.1) is 5.92 Å². The molecule has 1 rings (SSSR count). The first-order valence-electron chi connectivity index (χ1n) is 8.47. The summed E-state index contributed by atoms with van der Waals surface area (Å²) in [5.41, 5.74) is 0. The summed E-state index contributed by atoms with van der Waals surface area (Å²) in [5, 5.41) is 0.153. The topological polar surface area (TPSA) is 83.8 Å². The third kappa shape index (κ3) is 7.42. The molecule has 0 aromatic heterocycles. The Morgan fingerprint density at radius 3 is 2.48 bits per heavy atom. The van der Waals surface area contributed by atoms with Gasteiger partial charge in [-0.25, -0.2) is 0 Å². The highest BCUT2D eigenvalue weighted by Crippen LogP contribution is 2.55. The van der Waals surface area contributed by atoms with E-state index in [0.29, 0.717) is 18.8 Å². The van der Waals surface area contributed by atoms with Gasteiger partial charge >= 0.3 is 13.6 Å². The normalized spacial score (nSPS) is 19.0. The molecule has 5 nitrogen and oxygen atoms in total. The van der Waals surface area contributed by atoms with Gasteiger partial charge in [-0.05, 0) is 31.1 Å². The van der Waals surface area contributed by atoms with E-state index in [0.717, 1.165) is 17.7 Å². The molecule has 0 radical (unpaired) electrons. The average Bonchev–Trinajstić information content (AvgIpc) is 2.50. The van der Waals surface area contributed by atoms with Crippen LogP contribution in [0.2, 0.25) is 0 Å². The first-order chi connectivity index (χ1) is 10.9. The van der Waals surface area contributed by atoms with Crippen molar-refractivity contribution in [1.29, 1.82) is 0 Å². The summed E-state index contributed by atoms with van der Waals surface area (Å²) in [4.78, 5) is 31.8. The highest BCUT2D eigenvalue weighted by molar-refractivity contribution is 8.03. The molecule has 1 aliphatic rings. The van der Waals surface area contributed by atoms with Crippen LogP contribution in [0.4, 0.5) is 0 Å². The minimum atomic E-state index is -4.31. The van der Waals surface area contributed by atoms with E-state index in [-0.39, 0.29) is 17.7 Å². The molecule has 0 aromatic rings. The fourth-order valence-corrected chi connectivity index (χ4v) is 5.31. The Morgan fingerprint density at radius 1 is 1.22 bits per heavy atom. The Balaban J connectivity index is 2.62. The van der Waals surface area contributed by atoms with E-state index in [4.69, 9.17) is 4.74 Å². The van der Waals surface area contributed by atoms with Crippen molar-refractivity contribution in [2.45, 2.75) is 65.2 Å². The molecule has 0 saturated carbocycles. The molecule has 23 heavy (non-hydrogen) atoms. The zero-order chi connectivity index (χ0) is 17.3. The van der Waals surface area contributed by atoms with Gasteiger partial charge in [0.15, 0.2) is 0 Å². The average molecular weight is 364 g/mol. The van der Waals surface area contributed by atoms with Crippen LogP contribution >= 0.6 is 19.4 Å². The molecular weight excluding hydrogens is 335 g/mol. The maximum Gasteiger partial charge on any atom is 0.353 e.